The summed E-state index contributed by atoms with van der Waals surface area (Å²) in [5.74, 6) is -0.309. The second kappa shape index (κ2) is 8.81. The van der Waals surface area contributed by atoms with Gasteiger partial charge in [-0.3, -0.25) is 4.79 Å². The molecule has 0 spiro atoms. The fourth-order valence-electron chi connectivity index (χ4n) is 2.59. The molecule has 0 saturated carbocycles. The number of methoxy groups -OCH3 is 1. The van der Waals surface area contributed by atoms with E-state index >= 15 is 0 Å². The first-order valence-electron chi connectivity index (χ1n) is 8.30. The molecule has 6 nitrogen and oxygen atoms in total. The lowest BCUT2D eigenvalue weighted by Gasteiger charge is -2.12. The molecule has 0 amide bonds. The fraction of sp³-hybridized carbons (Fsp3) is 0.368. The van der Waals surface area contributed by atoms with E-state index < -0.39 is 37.7 Å². The Labute approximate surface area is 159 Å². The van der Waals surface area contributed by atoms with Crippen molar-refractivity contribution in [1.29, 1.82) is 0 Å². The van der Waals surface area contributed by atoms with Gasteiger partial charge in [-0.2, -0.15) is 13.2 Å². The zero-order valence-corrected chi connectivity index (χ0v) is 15.6. The normalized spacial score (nSPS) is 11.2. The van der Waals surface area contributed by atoms with E-state index in [2.05, 4.69) is 0 Å². The van der Waals surface area contributed by atoms with Crippen LogP contribution in [0.2, 0.25) is 0 Å². The van der Waals surface area contributed by atoms with Crippen LogP contribution in [0.1, 0.15) is 21.7 Å². The molecule has 0 fully saturated rings. The second-order valence-corrected chi connectivity index (χ2v) is 6.03. The van der Waals surface area contributed by atoms with Crippen LogP contribution in [0.25, 0.3) is 0 Å². The van der Waals surface area contributed by atoms with E-state index in [1.54, 1.807) is 24.3 Å². The van der Waals surface area contributed by atoms with Crippen molar-refractivity contribution in [2.24, 2.45) is 0 Å². The molecular weight excluding hydrogens is 379 g/mol. The highest BCUT2D eigenvalue weighted by molar-refractivity contribution is 5.99. The van der Waals surface area contributed by atoms with Crippen LogP contribution in [0.15, 0.2) is 30.3 Å². The van der Waals surface area contributed by atoms with Crippen LogP contribution in [0, 0.1) is 13.8 Å². The number of carbonyl (C=O) groups is 2. The number of Topliss-reactive ketones (excluding diaryl/α,β-unsaturated/α-hetero) is 1. The lowest BCUT2D eigenvalue weighted by atomic mass is 10.1. The lowest BCUT2D eigenvalue weighted by Crippen LogP contribution is -2.21. The summed E-state index contributed by atoms with van der Waals surface area (Å²) in [6.07, 6.45) is -4.40. The van der Waals surface area contributed by atoms with Crippen molar-refractivity contribution in [3.63, 3.8) is 0 Å². The van der Waals surface area contributed by atoms with Gasteiger partial charge in [0.2, 0.25) is 5.78 Å². The average Bonchev–Trinajstić information content (AvgIpc) is 2.91. The molecule has 9 heteroatoms. The minimum Gasteiger partial charge on any atom is -0.497 e. The van der Waals surface area contributed by atoms with Gasteiger partial charge < -0.3 is 18.8 Å². The van der Waals surface area contributed by atoms with Crippen LogP contribution in [0.3, 0.4) is 0 Å². The van der Waals surface area contributed by atoms with Gasteiger partial charge in [-0.05, 0) is 44.2 Å². The number of ketones is 1. The molecule has 1 aromatic carbocycles. The van der Waals surface area contributed by atoms with E-state index in [1.165, 1.54) is 27.0 Å². The molecule has 0 aliphatic rings. The molecule has 0 saturated heterocycles. The summed E-state index contributed by atoms with van der Waals surface area (Å²) in [5, 5.41) is 0. The number of ether oxygens (including phenoxy) is 3. The van der Waals surface area contributed by atoms with Crippen molar-refractivity contribution >= 4 is 11.8 Å². The number of nitrogens with zero attached hydrogens (tertiary/aromatic N) is 1. The van der Waals surface area contributed by atoms with Gasteiger partial charge in [0.15, 0.2) is 13.2 Å². The van der Waals surface area contributed by atoms with Gasteiger partial charge >= 0.3 is 12.1 Å². The van der Waals surface area contributed by atoms with Crippen molar-refractivity contribution < 1.29 is 37.0 Å². The van der Waals surface area contributed by atoms with Crippen molar-refractivity contribution in [2.45, 2.75) is 26.6 Å². The summed E-state index contributed by atoms with van der Waals surface area (Å²) in [4.78, 5) is 24.0. The molecule has 0 aliphatic heterocycles. The summed E-state index contributed by atoms with van der Waals surface area (Å²) in [5.41, 5.74) is 0.559. The molecule has 152 valence electrons. The maximum atomic E-state index is 12.6. The van der Waals surface area contributed by atoms with Crippen LogP contribution in [0.5, 0.6) is 11.5 Å². The van der Waals surface area contributed by atoms with E-state index in [1.807, 2.05) is 0 Å². The quantitative estimate of drug-likeness (QED) is 0.502. The number of esters is 1. The second-order valence-electron chi connectivity index (χ2n) is 6.03. The number of benzene rings is 1. The third-order valence-electron chi connectivity index (χ3n) is 3.99. The SMILES string of the molecule is COc1ccc(OCC(=O)OCC(=O)c2cc(C)n(CC(F)(F)F)c2C)cc1. The zero-order chi connectivity index (χ0) is 20.9. The molecule has 2 rings (SSSR count). The maximum Gasteiger partial charge on any atom is 0.406 e. The monoisotopic (exact) mass is 399 g/mol. The number of hydrogen-bond donors (Lipinski definition) is 0. The molecule has 2 aromatic rings. The molecule has 0 atom stereocenters. The minimum absolute atomic E-state index is 0.0885. The Hall–Kier alpha value is -2.97. The molecule has 0 N–H and O–H groups in total. The Balaban J connectivity index is 1.89. The smallest absolute Gasteiger partial charge is 0.406 e. The summed E-state index contributed by atoms with van der Waals surface area (Å²) >= 11 is 0. The highest BCUT2D eigenvalue weighted by Gasteiger charge is 2.30. The van der Waals surface area contributed by atoms with Gasteiger partial charge in [0.05, 0.1) is 7.11 Å². The third kappa shape index (κ3) is 5.77. The Morgan fingerprint density at radius 2 is 1.64 bits per heavy atom. The molecule has 0 radical (unpaired) electrons. The van der Waals surface area contributed by atoms with Gasteiger partial charge in [0.1, 0.15) is 18.0 Å². The molecule has 0 unspecified atom stereocenters. The molecular formula is C19H20F3NO5. The number of rotatable bonds is 8. The van der Waals surface area contributed by atoms with Crippen LogP contribution in [-0.2, 0) is 16.1 Å². The van der Waals surface area contributed by atoms with Crippen molar-refractivity contribution in [3.05, 3.63) is 47.3 Å². The predicted molar refractivity (Wildman–Crippen MR) is 93.7 cm³/mol. The van der Waals surface area contributed by atoms with Crippen LogP contribution in [0.4, 0.5) is 13.2 Å². The largest absolute Gasteiger partial charge is 0.497 e. The standard InChI is InChI=1S/C19H20F3NO5/c1-12-8-16(13(2)23(12)11-19(20,21)22)17(24)9-28-18(25)10-27-15-6-4-14(26-3)5-7-15/h4-8H,9-11H2,1-3H3. The molecule has 0 aliphatic carbocycles. The summed E-state index contributed by atoms with van der Waals surface area (Å²) in [6.45, 7) is 0.714. The molecule has 0 bridgehead atoms. The fourth-order valence-corrected chi connectivity index (χ4v) is 2.59. The van der Waals surface area contributed by atoms with Crippen LogP contribution in [-0.4, -0.2) is 42.8 Å². The number of hydrogen-bond acceptors (Lipinski definition) is 5. The summed E-state index contributed by atoms with van der Waals surface area (Å²) in [6, 6.07) is 7.87. The lowest BCUT2D eigenvalue weighted by molar-refractivity contribution is -0.144. The summed E-state index contributed by atoms with van der Waals surface area (Å²) in [7, 11) is 1.52. The average molecular weight is 399 g/mol. The number of aryl methyl sites for hydroxylation is 1. The highest BCUT2D eigenvalue weighted by atomic mass is 19.4. The first-order valence-corrected chi connectivity index (χ1v) is 8.30. The first kappa shape index (κ1) is 21.3. The number of aromatic nitrogens is 1. The Morgan fingerprint density at radius 1 is 1.04 bits per heavy atom. The van der Waals surface area contributed by atoms with Crippen molar-refractivity contribution in [3.8, 4) is 11.5 Å². The highest BCUT2D eigenvalue weighted by Crippen LogP contribution is 2.23. The zero-order valence-electron chi connectivity index (χ0n) is 15.6. The van der Waals surface area contributed by atoms with Crippen LogP contribution >= 0.6 is 0 Å². The van der Waals surface area contributed by atoms with Gasteiger partial charge in [-0.25, -0.2) is 4.79 Å². The number of carbonyl (C=O) groups excluding carboxylic acids is 2. The van der Waals surface area contributed by atoms with Gasteiger partial charge in [-0.1, -0.05) is 0 Å². The third-order valence-corrected chi connectivity index (χ3v) is 3.99. The van der Waals surface area contributed by atoms with Crippen LogP contribution < -0.4 is 9.47 Å². The van der Waals surface area contributed by atoms with Gasteiger partial charge in [0.25, 0.3) is 0 Å². The minimum atomic E-state index is -4.40. The molecule has 1 heterocycles. The summed E-state index contributed by atoms with van der Waals surface area (Å²) < 4.78 is 54.0. The number of halogens is 3. The van der Waals surface area contributed by atoms with E-state index in [4.69, 9.17) is 14.2 Å². The van der Waals surface area contributed by atoms with E-state index in [0.29, 0.717) is 17.2 Å². The maximum absolute atomic E-state index is 12.6. The first-order chi connectivity index (χ1) is 13.1. The van der Waals surface area contributed by atoms with Crippen molar-refractivity contribution in [1.82, 2.24) is 4.57 Å². The van der Waals surface area contributed by atoms with Gasteiger partial charge in [0, 0.05) is 17.0 Å². The Kier molecular flexibility index (Phi) is 6.71. The van der Waals surface area contributed by atoms with Gasteiger partial charge in [-0.15, -0.1) is 0 Å². The molecule has 1 aromatic heterocycles. The Morgan fingerprint density at radius 3 is 2.21 bits per heavy atom. The van der Waals surface area contributed by atoms with E-state index in [-0.39, 0.29) is 11.3 Å². The van der Waals surface area contributed by atoms with E-state index in [9.17, 15) is 22.8 Å². The Bertz CT molecular complexity index is 840. The van der Waals surface area contributed by atoms with E-state index in [0.717, 1.165) is 4.57 Å². The van der Waals surface area contributed by atoms with Crippen molar-refractivity contribution in [2.75, 3.05) is 20.3 Å². The topological polar surface area (TPSA) is 66.8 Å². The predicted octanol–water partition coefficient (Wildman–Crippen LogP) is 3.48. The molecule has 28 heavy (non-hydrogen) atoms. The number of alkyl halides is 3.